The molecule has 0 radical (unpaired) electrons. The van der Waals surface area contributed by atoms with E-state index in [9.17, 15) is 4.79 Å². The van der Waals surface area contributed by atoms with E-state index in [1.54, 1.807) is 37.5 Å². The highest BCUT2D eigenvalue weighted by Crippen LogP contribution is 2.20. The zero-order valence-electron chi connectivity index (χ0n) is 13.5. The minimum Gasteiger partial charge on any atom is -0.497 e. The highest BCUT2D eigenvalue weighted by molar-refractivity contribution is 6.06. The maximum absolute atomic E-state index is 12.2. The third kappa shape index (κ3) is 3.79. The van der Waals surface area contributed by atoms with Crippen molar-refractivity contribution in [3.8, 4) is 16.9 Å². The van der Waals surface area contributed by atoms with E-state index >= 15 is 0 Å². The fraction of sp³-hybridized carbons (Fsp3) is 0.0455. The molecule has 0 spiro atoms. The van der Waals surface area contributed by atoms with Gasteiger partial charge in [-0.3, -0.25) is 4.79 Å². The summed E-state index contributed by atoms with van der Waals surface area (Å²) < 4.78 is 5.10. The molecule has 3 aromatic rings. The number of carbonyl (C=O) groups is 1. The van der Waals surface area contributed by atoms with Gasteiger partial charge in [0.1, 0.15) is 5.75 Å². The average molecular weight is 314 g/mol. The van der Waals surface area contributed by atoms with Crippen LogP contribution in [0.2, 0.25) is 0 Å². The van der Waals surface area contributed by atoms with E-state index in [1.165, 1.54) is 5.56 Å². The molecule has 0 aliphatic rings. The van der Waals surface area contributed by atoms with Crippen LogP contribution in [-0.2, 0) is 0 Å². The number of hydrogen-bond donors (Lipinski definition) is 0. The van der Waals surface area contributed by atoms with Gasteiger partial charge in [-0.05, 0) is 47.0 Å². The Morgan fingerprint density at radius 2 is 1.42 bits per heavy atom. The highest BCUT2D eigenvalue weighted by Gasteiger charge is 2.02. The Bertz CT molecular complexity index is 829. The van der Waals surface area contributed by atoms with Crippen molar-refractivity contribution in [3.63, 3.8) is 0 Å². The maximum Gasteiger partial charge on any atom is 0.185 e. The van der Waals surface area contributed by atoms with Crippen LogP contribution in [0.5, 0.6) is 5.75 Å². The summed E-state index contributed by atoms with van der Waals surface area (Å²) in [6, 6.07) is 25.5. The van der Waals surface area contributed by atoms with Gasteiger partial charge in [0.2, 0.25) is 0 Å². The molecule has 0 saturated heterocycles. The Morgan fingerprint density at radius 1 is 0.792 bits per heavy atom. The predicted molar refractivity (Wildman–Crippen MR) is 98.2 cm³/mol. The number of methoxy groups -OCH3 is 1. The van der Waals surface area contributed by atoms with Crippen molar-refractivity contribution in [1.82, 2.24) is 0 Å². The van der Waals surface area contributed by atoms with E-state index in [-0.39, 0.29) is 5.78 Å². The van der Waals surface area contributed by atoms with Crippen molar-refractivity contribution in [1.29, 1.82) is 0 Å². The maximum atomic E-state index is 12.2. The van der Waals surface area contributed by atoms with Gasteiger partial charge in [-0.15, -0.1) is 0 Å². The van der Waals surface area contributed by atoms with Gasteiger partial charge in [0.15, 0.2) is 5.78 Å². The standard InChI is InChI=1S/C22H18O2/c1-24-21-14-12-20(13-15-21)22(23)16-9-17-7-10-19(11-8-17)18-5-3-2-4-6-18/h2-16H,1H3. The third-order valence-corrected chi connectivity index (χ3v) is 3.82. The third-order valence-electron chi connectivity index (χ3n) is 3.82. The number of benzene rings is 3. The summed E-state index contributed by atoms with van der Waals surface area (Å²) in [5.74, 6) is 0.719. The molecule has 0 atom stereocenters. The summed E-state index contributed by atoms with van der Waals surface area (Å²) in [7, 11) is 1.61. The zero-order valence-corrected chi connectivity index (χ0v) is 13.5. The van der Waals surface area contributed by atoms with Gasteiger partial charge in [0.25, 0.3) is 0 Å². The van der Waals surface area contributed by atoms with Crippen LogP contribution in [0.4, 0.5) is 0 Å². The lowest BCUT2D eigenvalue weighted by Crippen LogP contribution is -1.94. The average Bonchev–Trinajstić information content (AvgIpc) is 2.67. The van der Waals surface area contributed by atoms with Gasteiger partial charge in [0.05, 0.1) is 7.11 Å². The summed E-state index contributed by atoms with van der Waals surface area (Å²) in [6.45, 7) is 0. The molecule has 3 rings (SSSR count). The molecule has 0 bridgehead atoms. The van der Waals surface area contributed by atoms with Crippen LogP contribution in [0, 0.1) is 0 Å². The molecular weight excluding hydrogens is 296 g/mol. The molecule has 0 aliphatic carbocycles. The first-order valence-corrected chi connectivity index (χ1v) is 7.78. The Morgan fingerprint density at radius 3 is 2.04 bits per heavy atom. The first-order valence-electron chi connectivity index (χ1n) is 7.78. The molecule has 3 aromatic carbocycles. The van der Waals surface area contributed by atoms with E-state index < -0.39 is 0 Å². The van der Waals surface area contributed by atoms with Gasteiger partial charge in [-0.1, -0.05) is 60.7 Å². The molecule has 2 nitrogen and oxygen atoms in total. The molecule has 0 fully saturated rings. The minimum atomic E-state index is -0.0233. The van der Waals surface area contributed by atoms with Crippen LogP contribution in [0.3, 0.4) is 0 Å². The first-order chi connectivity index (χ1) is 11.8. The second-order valence-corrected chi connectivity index (χ2v) is 5.41. The molecule has 0 N–H and O–H groups in total. The van der Waals surface area contributed by atoms with Crippen molar-refractivity contribution < 1.29 is 9.53 Å². The van der Waals surface area contributed by atoms with Gasteiger partial charge in [-0.25, -0.2) is 0 Å². The van der Waals surface area contributed by atoms with Crippen molar-refractivity contribution in [2.45, 2.75) is 0 Å². The summed E-state index contributed by atoms with van der Waals surface area (Å²) in [6.07, 6.45) is 3.43. The number of ketones is 1. The molecule has 118 valence electrons. The smallest absolute Gasteiger partial charge is 0.185 e. The van der Waals surface area contributed by atoms with E-state index in [0.717, 1.165) is 16.9 Å². The van der Waals surface area contributed by atoms with Crippen molar-refractivity contribution in [3.05, 3.63) is 96.1 Å². The molecule has 0 amide bonds. The summed E-state index contributed by atoms with van der Waals surface area (Å²) >= 11 is 0. The second-order valence-electron chi connectivity index (χ2n) is 5.41. The number of rotatable bonds is 5. The number of carbonyl (C=O) groups excluding carboxylic acids is 1. The highest BCUT2D eigenvalue weighted by atomic mass is 16.5. The monoisotopic (exact) mass is 314 g/mol. The molecular formula is C22H18O2. The van der Waals surface area contributed by atoms with Crippen LogP contribution in [0.15, 0.2) is 84.9 Å². The molecule has 2 heteroatoms. The van der Waals surface area contributed by atoms with Crippen molar-refractivity contribution in [2.24, 2.45) is 0 Å². The fourth-order valence-corrected chi connectivity index (χ4v) is 2.44. The number of ether oxygens (including phenoxy) is 1. The summed E-state index contributed by atoms with van der Waals surface area (Å²) in [5, 5.41) is 0. The van der Waals surface area contributed by atoms with Crippen molar-refractivity contribution >= 4 is 11.9 Å². The fourth-order valence-electron chi connectivity index (χ4n) is 2.44. The normalized spacial score (nSPS) is 10.7. The SMILES string of the molecule is COc1ccc(C(=O)C=Cc2ccc(-c3ccccc3)cc2)cc1. The zero-order chi connectivity index (χ0) is 16.8. The van der Waals surface area contributed by atoms with Gasteiger partial charge in [-0.2, -0.15) is 0 Å². The van der Waals surface area contributed by atoms with Crippen LogP contribution in [0.25, 0.3) is 17.2 Å². The Hall–Kier alpha value is -3.13. The van der Waals surface area contributed by atoms with Gasteiger partial charge < -0.3 is 4.74 Å². The number of allylic oxidation sites excluding steroid dienone is 1. The Kier molecular flexibility index (Phi) is 4.87. The van der Waals surface area contributed by atoms with Gasteiger partial charge >= 0.3 is 0 Å². The lowest BCUT2D eigenvalue weighted by atomic mass is 10.0. The second kappa shape index (κ2) is 7.42. The largest absolute Gasteiger partial charge is 0.497 e. The van der Waals surface area contributed by atoms with Gasteiger partial charge in [0, 0.05) is 5.56 Å². The van der Waals surface area contributed by atoms with Crippen LogP contribution in [0.1, 0.15) is 15.9 Å². The molecule has 24 heavy (non-hydrogen) atoms. The topological polar surface area (TPSA) is 26.3 Å². The Balaban J connectivity index is 1.71. The Labute approximate surface area is 142 Å². The van der Waals surface area contributed by atoms with E-state index in [2.05, 4.69) is 24.3 Å². The lowest BCUT2D eigenvalue weighted by molar-refractivity contribution is 0.104. The van der Waals surface area contributed by atoms with Crippen LogP contribution < -0.4 is 4.74 Å². The quantitative estimate of drug-likeness (QED) is 0.474. The lowest BCUT2D eigenvalue weighted by Gasteiger charge is -2.02. The van der Waals surface area contributed by atoms with E-state index in [4.69, 9.17) is 4.74 Å². The number of hydrogen-bond acceptors (Lipinski definition) is 2. The minimum absolute atomic E-state index is 0.0233. The molecule has 0 unspecified atom stereocenters. The summed E-state index contributed by atoms with van der Waals surface area (Å²) in [4.78, 5) is 12.2. The predicted octanol–water partition coefficient (Wildman–Crippen LogP) is 5.26. The van der Waals surface area contributed by atoms with E-state index in [0.29, 0.717) is 5.56 Å². The first kappa shape index (κ1) is 15.8. The molecule has 0 aliphatic heterocycles. The van der Waals surface area contributed by atoms with Crippen molar-refractivity contribution in [2.75, 3.05) is 7.11 Å². The van der Waals surface area contributed by atoms with Crippen LogP contribution in [-0.4, -0.2) is 12.9 Å². The van der Waals surface area contributed by atoms with Crippen LogP contribution >= 0.6 is 0 Å². The summed E-state index contributed by atoms with van der Waals surface area (Å²) in [5.41, 5.74) is 3.99. The molecule has 0 heterocycles. The van der Waals surface area contributed by atoms with E-state index in [1.807, 2.05) is 36.4 Å². The molecule has 0 aromatic heterocycles. The molecule has 0 saturated carbocycles.